The van der Waals surface area contributed by atoms with Crippen molar-refractivity contribution in [3.63, 3.8) is 0 Å². The lowest BCUT2D eigenvalue weighted by molar-refractivity contribution is 0.0550. The van der Waals surface area contributed by atoms with E-state index in [9.17, 15) is 0 Å². The number of hydrogen-bond acceptors (Lipinski definition) is 0. The molecule has 37 heavy (non-hydrogen) atoms. The zero-order chi connectivity index (χ0) is 29.5. The second-order valence-corrected chi connectivity index (χ2v) is 15.0. The van der Waals surface area contributed by atoms with Gasteiger partial charge in [-0.15, -0.1) is 0 Å². The Bertz CT molecular complexity index is 632. The average molecular weight is 519 g/mol. The van der Waals surface area contributed by atoms with E-state index in [-0.39, 0.29) is 0 Å². The summed E-state index contributed by atoms with van der Waals surface area (Å²) < 4.78 is 0. The standard InChI is InChI=1S/C37H74/c1-20-22(4)24(6)26(8)28(10)30(12)32(14)34(16)36(18)37(19)35(17)33(15)31(13)29(11)27(9)25(7)23(5)21(2)3/h22-37H,2,20H2,1,3-19H3. The molecule has 0 rings (SSSR count). The minimum absolute atomic E-state index is 0.596. The van der Waals surface area contributed by atoms with Crippen LogP contribution >= 0.6 is 0 Å². The molecule has 0 saturated carbocycles. The molecule has 0 bridgehead atoms. The first-order chi connectivity index (χ1) is 16.8. The molecular weight excluding hydrogens is 444 g/mol. The average Bonchev–Trinajstić information content (AvgIpc) is 2.89. The highest BCUT2D eigenvalue weighted by atomic mass is 14.4. The second-order valence-electron chi connectivity index (χ2n) is 15.0. The molecule has 222 valence electrons. The maximum atomic E-state index is 4.25. The summed E-state index contributed by atoms with van der Waals surface area (Å²) in [7, 11) is 0. The lowest BCUT2D eigenvalue weighted by Gasteiger charge is -2.43. The van der Waals surface area contributed by atoms with Gasteiger partial charge < -0.3 is 0 Å². The van der Waals surface area contributed by atoms with Gasteiger partial charge in [-0.1, -0.05) is 136 Å². The Balaban J connectivity index is 5.35. The van der Waals surface area contributed by atoms with Gasteiger partial charge in [-0.25, -0.2) is 0 Å². The smallest absolute Gasteiger partial charge is 0.0209 e. The van der Waals surface area contributed by atoms with Crippen molar-refractivity contribution in [3.8, 4) is 0 Å². The van der Waals surface area contributed by atoms with Gasteiger partial charge in [0.2, 0.25) is 0 Å². The van der Waals surface area contributed by atoms with Crippen molar-refractivity contribution in [2.45, 2.75) is 131 Å². The summed E-state index contributed by atoms with van der Waals surface area (Å²) in [5.41, 5.74) is 1.33. The zero-order valence-electron chi connectivity index (χ0n) is 29.2. The van der Waals surface area contributed by atoms with Gasteiger partial charge in [-0.3, -0.25) is 0 Å². The van der Waals surface area contributed by atoms with Crippen molar-refractivity contribution in [2.75, 3.05) is 0 Å². The van der Waals surface area contributed by atoms with Crippen molar-refractivity contribution in [1.82, 2.24) is 0 Å². The highest BCUT2D eigenvalue weighted by Crippen LogP contribution is 2.44. The van der Waals surface area contributed by atoms with Crippen LogP contribution in [0.5, 0.6) is 0 Å². The Morgan fingerprint density at radius 2 is 0.568 bits per heavy atom. The van der Waals surface area contributed by atoms with Gasteiger partial charge in [0.15, 0.2) is 0 Å². The summed E-state index contributed by atoms with van der Waals surface area (Å²) in [5.74, 6) is 11.8. The van der Waals surface area contributed by atoms with Crippen LogP contribution < -0.4 is 0 Å². The predicted molar refractivity (Wildman–Crippen MR) is 172 cm³/mol. The third-order valence-electron chi connectivity index (χ3n) is 13.9. The fourth-order valence-corrected chi connectivity index (χ4v) is 7.54. The molecule has 0 fully saturated rings. The molecule has 0 heteroatoms. The highest BCUT2D eigenvalue weighted by molar-refractivity contribution is 4.97. The first-order valence-corrected chi connectivity index (χ1v) is 16.5. The predicted octanol–water partition coefficient (Wildman–Crippen LogP) is 12.2. The highest BCUT2D eigenvalue weighted by Gasteiger charge is 2.37. The Morgan fingerprint density at radius 1 is 0.378 bits per heavy atom. The summed E-state index contributed by atoms with van der Waals surface area (Å²) in [6.45, 7) is 49.0. The van der Waals surface area contributed by atoms with Gasteiger partial charge in [0, 0.05) is 0 Å². The first-order valence-electron chi connectivity index (χ1n) is 16.5. The summed E-state index contributed by atoms with van der Waals surface area (Å²) in [5, 5.41) is 0. The summed E-state index contributed by atoms with van der Waals surface area (Å²) >= 11 is 0. The van der Waals surface area contributed by atoms with Crippen LogP contribution in [-0.4, -0.2) is 0 Å². The Labute approximate surface area is 237 Å². The molecule has 0 aliphatic carbocycles. The van der Waals surface area contributed by atoms with Crippen LogP contribution in [0.3, 0.4) is 0 Å². The molecular formula is C37H74. The maximum Gasteiger partial charge on any atom is -0.0209 e. The van der Waals surface area contributed by atoms with Crippen molar-refractivity contribution >= 4 is 0 Å². The third-order valence-corrected chi connectivity index (χ3v) is 13.9. The normalized spacial score (nSPS) is 25.7. The van der Waals surface area contributed by atoms with E-state index in [4.69, 9.17) is 0 Å². The number of rotatable bonds is 17. The van der Waals surface area contributed by atoms with E-state index < -0.39 is 0 Å². The molecule has 0 aromatic rings. The SMILES string of the molecule is C=C(C)C(C)C(C)C(C)C(C)C(C)C(C)C(C)C(C)C(C)C(C)C(C)C(C)C(C)C(C)C(C)C(C)CC. The molecule has 0 aromatic heterocycles. The fourth-order valence-electron chi connectivity index (χ4n) is 7.54. The van der Waals surface area contributed by atoms with Crippen molar-refractivity contribution < 1.29 is 0 Å². The van der Waals surface area contributed by atoms with Gasteiger partial charge in [-0.05, 0) is 102 Å². The molecule has 0 saturated heterocycles. The van der Waals surface area contributed by atoms with Gasteiger partial charge >= 0.3 is 0 Å². The Kier molecular flexibility index (Phi) is 16.0. The van der Waals surface area contributed by atoms with E-state index in [2.05, 4.69) is 131 Å². The van der Waals surface area contributed by atoms with Gasteiger partial charge in [0.1, 0.15) is 0 Å². The van der Waals surface area contributed by atoms with E-state index >= 15 is 0 Å². The second kappa shape index (κ2) is 16.1. The molecule has 0 aliphatic rings. The molecule has 0 spiro atoms. The van der Waals surface area contributed by atoms with Crippen LogP contribution in [-0.2, 0) is 0 Å². The number of hydrogen-bond donors (Lipinski definition) is 0. The van der Waals surface area contributed by atoms with Crippen LogP contribution in [0.1, 0.15) is 131 Å². The van der Waals surface area contributed by atoms with Gasteiger partial charge in [0.25, 0.3) is 0 Å². The van der Waals surface area contributed by atoms with Crippen LogP contribution in [0, 0.1) is 94.7 Å². The monoisotopic (exact) mass is 519 g/mol. The minimum Gasteiger partial charge on any atom is -0.0999 e. The Hall–Kier alpha value is -0.260. The van der Waals surface area contributed by atoms with Gasteiger partial charge in [0.05, 0.1) is 0 Å². The lowest BCUT2D eigenvalue weighted by Crippen LogP contribution is -2.37. The topological polar surface area (TPSA) is 0 Å². The van der Waals surface area contributed by atoms with Crippen LogP contribution in [0.15, 0.2) is 12.2 Å². The fraction of sp³-hybridized carbons (Fsp3) is 0.946. The molecule has 16 unspecified atom stereocenters. The molecule has 0 radical (unpaired) electrons. The van der Waals surface area contributed by atoms with Crippen molar-refractivity contribution in [3.05, 3.63) is 12.2 Å². The van der Waals surface area contributed by atoms with E-state index in [0.717, 1.165) is 76.9 Å². The summed E-state index contributed by atoms with van der Waals surface area (Å²) in [6, 6.07) is 0. The summed E-state index contributed by atoms with van der Waals surface area (Å²) in [6.07, 6.45) is 1.30. The van der Waals surface area contributed by atoms with Crippen LogP contribution in [0.4, 0.5) is 0 Å². The summed E-state index contributed by atoms with van der Waals surface area (Å²) in [4.78, 5) is 0. The van der Waals surface area contributed by atoms with E-state index in [1.807, 2.05) is 0 Å². The largest absolute Gasteiger partial charge is 0.0999 e. The Morgan fingerprint density at radius 3 is 0.757 bits per heavy atom. The maximum absolute atomic E-state index is 4.25. The zero-order valence-corrected chi connectivity index (χ0v) is 29.2. The lowest BCUT2D eigenvalue weighted by atomic mass is 9.62. The van der Waals surface area contributed by atoms with E-state index in [0.29, 0.717) is 17.8 Å². The molecule has 0 N–H and O–H groups in total. The quantitative estimate of drug-likeness (QED) is 0.168. The van der Waals surface area contributed by atoms with Crippen LogP contribution in [0.2, 0.25) is 0 Å². The first kappa shape index (κ1) is 36.7. The third kappa shape index (κ3) is 9.41. The molecule has 0 aliphatic heterocycles. The van der Waals surface area contributed by atoms with Gasteiger partial charge in [-0.2, -0.15) is 0 Å². The van der Waals surface area contributed by atoms with E-state index in [1.165, 1.54) is 12.0 Å². The molecule has 0 amide bonds. The minimum atomic E-state index is 0.596. The number of allylic oxidation sites excluding steroid dienone is 1. The van der Waals surface area contributed by atoms with Crippen molar-refractivity contribution in [2.24, 2.45) is 94.7 Å². The molecule has 0 nitrogen and oxygen atoms in total. The van der Waals surface area contributed by atoms with Crippen LogP contribution in [0.25, 0.3) is 0 Å². The van der Waals surface area contributed by atoms with E-state index in [1.54, 1.807) is 0 Å². The molecule has 0 heterocycles. The molecule has 16 atom stereocenters. The molecule has 0 aromatic carbocycles. The van der Waals surface area contributed by atoms with Crippen molar-refractivity contribution in [1.29, 1.82) is 0 Å².